The van der Waals surface area contributed by atoms with Crippen LogP contribution in [-0.4, -0.2) is 29.1 Å². The summed E-state index contributed by atoms with van der Waals surface area (Å²) < 4.78 is 7.82. The molecule has 0 aromatic carbocycles. The van der Waals surface area contributed by atoms with Crippen LogP contribution >= 0.6 is 0 Å². The van der Waals surface area contributed by atoms with E-state index >= 15 is 0 Å². The Bertz CT molecular complexity index is 474. The Labute approximate surface area is 94.3 Å². The number of pyridine rings is 1. The van der Waals surface area contributed by atoms with Gasteiger partial charge in [0.05, 0.1) is 6.61 Å². The Balaban J connectivity index is 1.75. The summed E-state index contributed by atoms with van der Waals surface area (Å²) in [5.74, 6) is 1.51. The monoisotopic (exact) mass is 217 g/mol. The van der Waals surface area contributed by atoms with E-state index in [1.165, 1.54) is 6.42 Å². The van der Waals surface area contributed by atoms with Crippen LogP contribution in [0.25, 0.3) is 5.65 Å². The first kappa shape index (κ1) is 9.66. The molecule has 1 N–H and O–H groups in total. The van der Waals surface area contributed by atoms with Crippen molar-refractivity contribution in [3.8, 4) is 5.88 Å². The van der Waals surface area contributed by atoms with Gasteiger partial charge in [-0.15, -0.1) is 0 Å². The normalized spacial score (nSPS) is 20.4. The number of hydrogen-bond donors (Lipinski definition) is 1. The average Bonchev–Trinajstić information content (AvgIpc) is 2.97. The Morgan fingerprint density at radius 1 is 1.50 bits per heavy atom. The fourth-order valence-corrected chi connectivity index (χ4v) is 2.10. The van der Waals surface area contributed by atoms with Gasteiger partial charge in [-0.2, -0.15) is 0 Å². The fourth-order valence-electron chi connectivity index (χ4n) is 2.10. The maximum Gasteiger partial charge on any atom is 0.199 e. The number of aromatic nitrogens is 2. The molecule has 1 atom stereocenters. The Morgan fingerprint density at radius 2 is 2.50 bits per heavy atom. The second kappa shape index (κ2) is 4.14. The van der Waals surface area contributed by atoms with Crippen LogP contribution in [0.1, 0.15) is 6.42 Å². The van der Waals surface area contributed by atoms with E-state index in [2.05, 4.69) is 10.3 Å². The second-order valence-electron chi connectivity index (χ2n) is 4.19. The third-order valence-electron chi connectivity index (χ3n) is 3.02. The SMILES string of the molecule is c1cc(OCC2CCNC2)n2ccnc2c1. The highest BCUT2D eigenvalue weighted by atomic mass is 16.5. The molecular weight excluding hydrogens is 202 g/mol. The first-order chi connectivity index (χ1) is 7.93. The van der Waals surface area contributed by atoms with E-state index in [4.69, 9.17) is 4.74 Å². The molecule has 1 aliphatic rings. The van der Waals surface area contributed by atoms with Crippen LogP contribution in [0.15, 0.2) is 30.6 Å². The summed E-state index contributed by atoms with van der Waals surface area (Å²) in [5.41, 5.74) is 0.932. The van der Waals surface area contributed by atoms with E-state index in [9.17, 15) is 0 Å². The lowest BCUT2D eigenvalue weighted by atomic mass is 10.1. The van der Waals surface area contributed by atoms with Crippen LogP contribution in [-0.2, 0) is 0 Å². The molecule has 1 saturated heterocycles. The smallest absolute Gasteiger partial charge is 0.199 e. The summed E-state index contributed by atoms with van der Waals surface area (Å²) in [5, 5.41) is 3.34. The highest BCUT2D eigenvalue weighted by Crippen LogP contribution is 2.16. The van der Waals surface area contributed by atoms with Gasteiger partial charge in [0.1, 0.15) is 5.65 Å². The van der Waals surface area contributed by atoms with Crippen molar-refractivity contribution >= 4 is 5.65 Å². The van der Waals surface area contributed by atoms with Gasteiger partial charge in [0.15, 0.2) is 5.88 Å². The summed E-state index contributed by atoms with van der Waals surface area (Å²) in [6.07, 6.45) is 4.93. The lowest BCUT2D eigenvalue weighted by Crippen LogP contribution is -2.16. The van der Waals surface area contributed by atoms with Crippen LogP contribution < -0.4 is 10.1 Å². The van der Waals surface area contributed by atoms with Gasteiger partial charge in [0, 0.05) is 24.9 Å². The Hall–Kier alpha value is -1.55. The Kier molecular flexibility index (Phi) is 2.50. The zero-order chi connectivity index (χ0) is 10.8. The van der Waals surface area contributed by atoms with Crippen molar-refractivity contribution in [3.63, 3.8) is 0 Å². The molecule has 1 unspecified atom stereocenters. The average molecular weight is 217 g/mol. The quantitative estimate of drug-likeness (QED) is 0.842. The van der Waals surface area contributed by atoms with Gasteiger partial charge in [-0.1, -0.05) is 6.07 Å². The van der Waals surface area contributed by atoms with E-state index < -0.39 is 0 Å². The lowest BCUT2D eigenvalue weighted by molar-refractivity contribution is 0.248. The highest BCUT2D eigenvalue weighted by molar-refractivity contribution is 5.41. The van der Waals surface area contributed by atoms with Gasteiger partial charge in [-0.3, -0.25) is 4.40 Å². The third-order valence-corrected chi connectivity index (χ3v) is 3.02. The standard InChI is InChI=1S/C12H15N3O/c1-2-11-14-6-7-15(11)12(3-1)16-9-10-4-5-13-8-10/h1-3,6-7,10,13H,4-5,8-9H2. The zero-order valence-corrected chi connectivity index (χ0v) is 9.10. The van der Waals surface area contributed by atoms with Crippen molar-refractivity contribution in [1.82, 2.24) is 14.7 Å². The van der Waals surface area contributed by atoms with Crippen molar-refractivity contribution in [1.29, 1.82) is 0 Å². The Morgan fingerprint density at radius 3 is 3.38 bits per heavy atom. The van der Waals surface area contributed by atoms with Crippen LogP contribution in [0.5, 0.6) is 5.88 Å². The minimum Gasteiger partial charge on any atom is -0.478 e. The van der Waals surface area contributed by atoms with E-state index in [0.717, 1.165) is 31.2 Å². The summed E-state index contributed by atoms with van der Waals surface area (Å²) in [6.45, 7) is 2.97. The molecule has 16 heavy (non-hydrogen) atoms. The van der Waals surface area contributed by atoms with Crippen LogP contribution in [0.4, 0.5) is 0 Å². The van der Waals surface area contributed by atoms with Crippen molar-refractivity contribution < 1.29 is 4.74 Å². The molecule has 2 aromatic rings. The number of fused-ring (bicyclic) bond motifs is 1. The molecule has 4 heteroatoms. The molecule has 1 fully saturated rings. The number of ether oxygens (including phenoxy) is 1. The molecule has 3 heterocycles. The maximum absolute atomic E-state index is 5.84. The van der Waals surface area contributed by atoms with E-state index in [-0.39, 0.29) is 0 Å². The molecule has 3 rings (SSSR count). The van der Waals surface area contributed by atoms with Gasteiger partial charge in [-0.25, -0.2) is 4.98 Å². The van der Waals surface area contributed by atoms with Crippen LogP contribution in [0, 0.1) is 5.92 Å². The van der Waals surface area contributed by atoms with E-state index in [1.54, 1.807) is 6.20 Å². The van der Waals surface area contributed by atoms with Gasteiger partial charge in [-0.05, 0) is 25.1 Å². The first-order valence-corrected chi connectivity index (χ1v) is 5.69. The molecule has 2 aromatic heterocycles. The number of nitrogens with zero attached hydrogens (tertiary/aromatic N) is 2. The maximum atomic E-state index is 5.84. The van der Waals surface area contributed by atoms with Crippen molar-refractivity contribution in [3.05, 3.63) is 30.6 Å². The van der Waals surface area contributed by atoms with Gasteiger partial charge in [0.2, 0.25) is 0 Å². The number of rotatable bonds is 3. The number of hydrogen-bond acceptors (Lipinski definition) is 3. The lowest BCUT2D eigenvalue weighted by Gasteiger charge is -2.11. The minimum absolute atomic E-state index is 0.638. The molecule has 0 bridgehead atoms. The van der Waals surface area contributed by atoms with Gasteiger partial charge >= 0.3 is 0 Å². The molecular formula is C12H15N3O. The van der Waals surface area contributed by atoms with Crippen LogP contribution in [0.2, 0.25) is 0 Å². The van der Waals surface area contributed by atoms with E-state index in [1.807, 2.05) is 28.8 Å². The topological polar surface area (TPSA) is 38.6 Å². The largest absolute Gasteiger partial charge is 0.478 e. The third kappa shape index (κ3) is 1.76. The number of nitrogens with one attached hydrogen (secondary N) is 1. The zero-order valence-electron chi connectivity index (χ0n) is 9.10. The molecule has 0 radical (unpaired) electrons. The molecule has 1 aliphatic heterocycles. The first-order valence-electron chi connectivity index (χ1n) is 5.69. The molecule has 0 spiro atoms. The predicted octanol–water partition coefficient (Wildman–Crippen LogP) is 1.32. The number of imidazole rings is 1. The summed E-state index contributed by atoms with van der Waals surface area (Å²) >= 11 is 0. The van der Waals surface area contributed by atoms with E-state index in [0.29, 0.717) is 5.92 Å². The second-order valence-corrected chi connectivity index (χ2v) is 4.19. The van der Waals surface area contributed by atoms with Crippen molar-refractivity contribution in [2.75, 3.05) is 19.7 Å². The molecule has 4 nitrogen and oxygen atoms in total. The predicted molar refractivity (Wildman–Crippen MR) is 61.7 cm³/mol. The van der Waals surface area contributed by atoms with Gasteiger partial charge < -0.3 is 10.1 Å². The summed E-state index contributed by atoms with van der Waals surface area (Å²) in [7, 11) is 0. The van der Waals surface area contributed by atoms with Crippen molar-refractivity contribution in [2.45, 2.75) is 6.42 Å². The van der Waals surface area contributed by atoms with Gasteiger partial charge in [0.25, 0.3) is 0 Å². The highest BCUT2D eigenvalue weighted by Gasteiger charge is 2.15. The molecule has 0 amide bonds. The summed E-state index contributed by atoms with van der Waals surface area (Å²) in [4.78, 5) is 4.23. The molecule has 0 aliphatic carbocycles. The fraction of sp³-hybridized carbons (Fsp3) is 0.417. The molecule has 0 saturated carbocycles. The van der Waals surface area contributed by atoms with Crippen molar-refractivity contribution in [2.24, 2.45) is 5.92 Å². The molecule has 84 valence electrons. The van der Waals surface area contributed by atoms with Crippen LogP contribution in [0.3, 0.4) is 0 Å². The summed E-state index contributed by atoms with van der Waals surface area (Å²) in [6, 6.07) is 5.94. The minimum atomic E-state index is 0.638.